The van der Waals surface area contributed by atoms with E-state index < -0.39 is 9.84 Å². The Bertz CT molecular complexity index is 401. The fourth-order valence-electron chi connectivity index (χ4n) is 3.39. The van der Waals surface area contributed by atoms with E-state index in [1.54, 1.807) is 0 Å². The first-order valence-corrected chi connectivity index (χ1v) is 8.01. The van der Waals surface area contributed by atoms with Crippen LogP contribution in [0.5, 0.6) is 0 Å². The van der Waals surface area contributed by atoms with Crippen LogP contribution in [-0.2, 0) is 9.84 Å². The van der Waals surface area contributed by atoms with E-state index in [1.807, 2.05) is 0 Å². The summed E-state index contributed by atoms with van der Waals surface area (Å²) >= 11 is 0. The Labute approximate surface area is 97.4 Å². The van der Waals surface area contributed by atoms with Gasteiger partial charge in [0.1, 0.15) is 0 Å². The second kappa shape index (κ2) is 3.84. The molecule has 2 aliphatic heterocycles. The predicted molar refractivity (Wildman–Crippen MR) is 64.0 cm³/mol. The number of sulfone groups is 1. The number of rotatable bonds is 1. The molecule has 0 amide bonds. The van der Waals surface area contributed by atoms with Crippen molar-refractivity contribution in [1.29, 1.82) is 0 Å². The van der Waals surface area contributed by atoms with Crippen molar-refractivity contribution in [2.24, 2.45) is 5.92 Å². The number of hydrogen-bond acceptors (Lipinski definition) is 3. The third-order valence-corrected chi connectivity index (χ3v) is 6.60. The third-order valence-electron chi connectivity index (χ3n) is 4.34. The first-order valence-electron chi connectivity index (χ1n) is 6.29. The second-order valence-electron chi connectivity index (χ2n) is 5.33. The lowest BCUT2D eigenvalue weighted by atomic mass is 10.0. The Morgan fingerprint density at radius 1 is 1.19 bits per heavy atom. The molecule has 3 atom stereocenters. The molecular weight excluding hydrogens is 222 g/mol. The van der Waals surface area contributed by atoms with Crippen LogP contribution in [0.25, 0.3) is 0 Å². The molecule has 2 heterocycles. The van der Waals surface area contributed by atoms with E-state index in [4.69, 9.17) is 0 Å². The van der Waals surface area contributed by atoms with E-state index in [1.165, 1.54) is 19.3 Å². The zero-order valence-corrected chi connectivity index (χ0v) is 10.3. The molecule has 0 aromatic carbocycles. The van der Waals surface area contributed by atoms with Crippen LogP contribution in [0.3, 0.4) is 0 Å². The smallest absolute Gasteiger partial charge is 0.154 e. The maximum absolute atomic E-state index is 11.8. The molecule has 1 aliphatic carbocycles. The van der Waals surface area contributed by atoms with E-state index >= 15 is 0 Å². The van der Waals surface area contributed by atoms with Crippen LogP contribution in [-0.4, -0.2) is 43.5 Å². The highest BCUT2D eigenvalue weighted by molar-refractivity contribution is 7.92. The van der Waals surface area contributed by atoms with E-state index in [0.29, 0.717) is 17.7 Å². The van der Waals surface area contributed by atoms with Crippen molar-refractivity contribution in [3.05, 3.63) is 12.2 Å². The molecule has 3 rings (SSSR count). The Morgan fingerprint density at radius 3 is 2.75 bits per heavy atom. The molecule has 0 bridgehead atoms. The SMILES string of the molecule is O=S1(=O)CC[C@H]2CN([C@H]3C=CCCC3)C[C@H]21. The molecule has 0 unspecified atom stereocenters. The minimum Gasteiger partial charge on any atom is -0.295 e. The van der Waals surface area contributed by atoms with Crippen LogP contribution in [0.1, 0.15) is 25.7 Å². The summed E-state index contributed by atoms with van der Waals surface area (Å²) in [4.78, 5) is 2.39. The molecule has 0 saturated carbocycles. The summed E-state index contributed by atoms with van der Waals surface area (Å²) in [6, 6.07) is 0.509. The van der Waals surface area contributed by atoms with E-state index in [9.17, 15) is 8.42 Å². The minimum atomic E-state index is -2.76. The first-order chi connectivity index (χ1) is 7.67. The normalized spacial score (nSPS) is 42.4. The summed E-state index contributed by atoms with van der Waals surface area (Å²) < 4.78 is 23.7. The molecule has 2 fully saturated rings. The first kappa shape index (κ1) is 10.8. The van der Waals surface area contributed by atoms with Gasteiger partial charge < -0.3 is 0 Å². The number of hydrogen-bond donors (Lipinski definition) is 0. The van der Waals surface area contributed by atoms with Gasteiger partial charge in [-0.3, -0.25) is 4.90 Å². The van der Waals surface area contributed by atoms with Gasteiger partial charge in [-0.05, 0) is 31.6 Å². The monoisotopic (exact) mass is 241 g/mol. The standard InChI is InChI=1S/C12H19NO2S/c14-16(15)7-6-10-8-13(9-12(10)16)11-4-2-1-3-5-11/h2,4,10-12H,1,3,5-9H2/t10-,11-,12+/m0/s1. The summed E-state index contributed by atoms with van der Waals surface area (Å²) in [5.41, 5.74) is 0. The maximum atomic E-state index is 11.8. The van der Waals surface area contributed by atoms with Crippen LogP contribution in [0.4, 0.5) is 0 Å². The van der Waals surface area contributed by atoms with Crippen molar-refractivity contribution in [2.45, 2.75) is 37.0 Å². The summed E-state index contributed by atoms with van der Waals surface area (Å²) in [6.45, 7) is 1.78. The van der Waals surface area contributed by atoms with Gasteiger partial charge in [0.05, 0.1) is 11.0 Å². The van der Waals surface area contributed by atoms with E-state index in [2.05, 4.69) is 17.1 Å². The van der Waals surface area contributed by atoms with Gasteiger partial charge in [-0.15, -0.1) is 0 Å². The van der Waals surface area contributed by atoms with Crippen LogP contribution >= 0.6 is 0 Å². The van der Waals surface area contributed by atoms with Crippen molar-refractivity contribution in [1.82, 2.24) is 4.90 Å². The Balaban J connectivity index is 1.74. The number of allylic oxidation sites excluding steroid dienone is 1. The van der Waals surface area contributed by atoms with Gasteiger partial charge in [-0.1, -0.05) is 12.2 Å². The Morgan fingerprint density at radius 2 is 2.06 bits per heavy atom. The summed E-state index contributed by atoms with van der Waals surface area (Å²) in [5, 5.41) is -0.0529. The molecule has 0 N–H and O–H groups in total. The number of fused-ring (bicyclic) bond motifs is 1. The molecule has 0 aromatic heterocycles. The van der Waals surface area contributed by atoms with Gasteiger partial charge in [0.2, 0.25) is 0 Å². The fourth-order valence-corrected chi connectivity index (χ4v) is 5.56. The zero-order valence-electron chi connectivity index (χ0n) is 9.51. The van der Waals surface area contributed by atoms with Crippen LogP contribution in [0.15, 0.2) is 12.2 Å². The highest BCUT2D eigenvalue weighted by atomic mass is 32.2. The fraction of sp³-hybridized carbons (Fsp3) is 0.833. The second-order valence-corrected chi connectivity index (χ2v) is 7.67. The molecule has 0 aromatic rings. The van der Waals surface area contributed by atoms with Crippen molar-refractivity contribution in [3.8, 4) is 0 Å². The van der Waals surface area contributed by atoms with Crippen LogP contribution < -0.4 is 0 Å². The van der Waals surface area contributed by atoms with Gasteiger partial charge in [0.15, 0.2) is 9.84 Å². The maximum Gasteiger partial charge on any atom is 0.154 e. The lowest BCUT2D eigenvalue weighted by Gasteiger charge is -2.27. The van der Waals surface area contributed by atoms with Gasteiger partial charge >= 0.3 is 0 Å². The van der Waals surface area contributed by atoms with E-state index in [0.717, 1.165) is 19.5 Å². The molecule has 2 saturated heterocycles. The molecule has 0 spiro atoms. The van der Waals surface area contributed by atoms with Crippen LogP contribution in [0, 0.1) is 5.92 Å². The third kappa shape index (κ3) is 1.72. The van der Waals surface area contributed by atoms with Gasteiger partial charge in [0.25, 0.3) is 0 Å². The predicted octanol–water partition coefficient (Wildman–Crippen LogP) is 1.21. The largest absolute Gasteiger partial charge is 0.295 e. The Kier molecular flexibility index (Phi) is 2.59. The zero-order chi connectivity index (χ0) is 11.2. The molecule has 3 aliphatic rings. The summed E-state index contributed by atoms with van der Waals surface area (Å²) in [5.74, 6) is 0.844. The average Bonchev–Trinajstić information content (AvgIpc) is 2.82. The molecular formula is C12H19NO2S. The molecule has 16 heavy (non-hydrogen) atoms. The summed E-state index contributed by atoms with van der Waals surface area (Å²) in [6.07, 6.45) is 9.05. The molecule has 0 radical (unpaired) electrons. The van der Waals surface area contributed by atoms with E-state index in [-0.39, 0.29) is 5.25 Å². The lowest BCUT2D eigenvalue weighted by Crippen LogP contribution is -2.35. The molecule has 3 nitrogen and oxygen atoms in total. The topological polar surface area (TPSA) is 37.4 Å². The van der Waals surface area contributed by atoms with Gasteiger partial charge in [-0.2, -0.15) is 0 Å². The van der Waals surface area contributed by atoms with Crippen LogP contribution in [0.2, 0.25) is 0 Å². The Hall–Kier alpha value is -0.350. The molecule has 4 heteroatoms. The van der Waals surface area contributed by atoms with Gasteiger partial charge in [0, 0.05) is 19.1 Å². The lowest BCUT2D eigenvalue weighted by molar-refractivity contribution is 0.252. The number of nitrogens with zero attached hydrogens (tertiary/aromatic N) is 1. The molecule has 90 valence electrons. The van der Waals surface area contributed by atoms with Crippen molar-refractivity contribution in [2.75, 3.05) is 18.8 Å². The van der Waals surface area contributed by atoms with Gasteiger partial charge in [-0.25, -0.2) is 8.42 Å². The average molecular weight is 241 g/mol. The highest BCUT2D eigenvalue weighted by Crippen LogP contribution is 2.35. The minimum absolute atomic E-state index is 0.0529. The van der Waals surface area contributed by atoms with Crippen molar-refractivity contribution in [3.63, 3.8) is 0 Å². The number of likely N-dealkylation sites (tertiary alicyclic amines) is 1. The highest BCUT2D eigenvalue weighted by Gasteiger charge is 2.47. The van der Waals surface area contributed by atoms with Crippen molar-refractivity contribution < 1.29 is 8.42 Å². The summed E-state index contributed by atoms with van der Waals surface area (Å²) in [7, 11) is -2.76. The van der Waals surface area contributed by atoms with Crippen molar-refractivity contribution >= 4 is 9.84 Å². The quantitative estimate of drug-likeness (QED) is 0.648.